The zero-order valence-electron chi connectivity index (χ0n) is 9.72. The summed E-state index contributed by atoms with van der Waals surface area (Å²) in [6.45, 7) is 5.01. The van der Waals surface area contributed by atoms with E-state index in [9.17, 15) is 0 Å². The normalized spacial score (nSPS) is 20.8. The molecule has 0 aliphatic carbocycles. The molecule has 1 aromatic heterocycles. The Hall–Kier alpha value is -0.640. The fourth-order valence-electron chi connectivity index (χ4n) is 2.25. The van der Waals surface area contributed by atoms with Crippen LogP contribution in [0.5, 0.6) is 0 Å². The number of hydrogen-bond donors (Lipinski definition) is 1. The highest BCUT2D eigenvalue weighted by Crippen LogP contribution is 2.19. The van der Waals surface area contributed by atoms with E-state index >= 15 is 0 Å². The largest absolute Gasteiger partial charge is 0.329 e. The second kappa shape index (κ2) is 6.18. The van der Waals surface area contributed by atoms with E-state index in [0.717, 1.165) is 19.6 Å². The fraction of sp³-hybridized carbons (Fsp3) is 0.583. The lowest BCUT2D eigenvalue weighted by Gasteiger charge is -2.23. The van der Waals surface area contributed by atoms with Crippen LogP contribution in [-0.4, -0.2) is 29.0 Å². The summed E-state index contributed by atoms with van der Waals surface area (Å²) in [5, 5.41) is 0. The van der Waals surface area contributed by atoms with Gasteiger partial charge in [0.1, 0.15) is 0 Å². The molecule has 1 fully saturated rings. The van der Waals surface area contributed by atoms with Crippen LogP contribution in [0.15, 0.2) is 18.3 Å². The Morgan fingerprint density at radius 1 is 1.56 bits per heavy atom. The van der Waals surface area contributed by atoms with Crippen molar-refractivity contribution in [3.63, 3.8) is 0 Å². The molecular weight excluding hydrogens is 222 g/mol. The molecule has 90 valence electrons. The number of pyridine rings is 1. The zero-order valence-corrected chi connectivity index (χ0v) is 10.5. The maximum atomic E-state index is 5.75. The second-order valence-corrected chi connectivity index (χ2v) is 4.27. The van der Waals surface area contributed by atoms with Gasteiger partial charge in [-0.25, -0.2) is 0 Å². The van der Waals surface area contributed by atoms with Crippen molar-refractivity contribution >= 4 is 12.4 Å². The predicted molar refractivity (Wildman–Crippen MR) is 68.7 cm³/mol. The number of rotatable bonds is 3. The summed E-state index contributed by atoms with van der Waals surface area (Å²) in [6, 6.07) is 4.67. The molecule has 1 saturated heterocycles. The minimum absolute atomic E-state index is 0. The lowest BCUT2D eigenvalue weighted by atomic mass is 10.2. The number of nitrogens with two attached hydrogens (primary N) is 1. The van der Waals surface area contributed by atoms with Gasteiger partial charge in [0.25, 0.3) is 0 Å². The summed E-state index contributed by atoms with van der Waals surface area (Å²) < 4.78 is 0. The Labute approximate surface area is 103 Å². The lowest BCUT2D eigenvalue weighted by molar-refractivity contribution is 0.247. The van der Waals surface area contributed by atoms with Gasteiger partial charge in [-0.3, -0.25) is 9.88 Å². The van der Waals surface area contributed by atoms with Gasteiger partial charge in [0.05, 0.1) is 5.69 Å². The quantitative estimate of drug-likeness (QED) is 0.877. The van der Waals surface area contributed by atoms with Gasteiger partial charge in [0.2, 0.25) is 0 Å². The van der Waals surface area contributed by atoms with Gasteiger partial charge in [0.15, 0.2) is 0 Å². The molecule has 0 aromatic carbocycles. The van der Waals surface area contributed by atoms with Gasteiger partial charge in [0, 0.05) is 25.3 Å². The molecule has 2 rings (SSSR count). The minimum atomic E-state index is 0. The number of likely N-dealkylation sites (tertiary alicyclic amines) is 1. The van der Waals surface area contributed by atoms with E-state index in [1.165, 1.54) is 24.1 Å². The summed E-state index contributed by atoms with van der Waals surface area (Å²) in [7, 11) is 0. The second-order valence-electron chi connectivity index (χ2n) is 4.27. The van der Waals surface area contributed by atoms with Crippen molar-refractivity contribution in [1.29, 1.82) is 0 Å². The van der Waals surface area contributed by atoms with Crippen LogP contribution in [0.1, 0.15) is 24.1 Å². The maximum absolute atomic E-state index is 5.75. The Morgan fingerprint density at radius 3 is 3.06 bits per heavy atom. The van der Waals surface area contributed by atoms with Gasteiger partial charge in [-0.1, -0.05) is 6.07 Å². The molecule has 3 nitrogen and oxygen atoms in total. The summed E-state index contributed by atoms with van der Waals surface area (Å²) in [6.07, 6.45) is 4.38. The van der Waals surface area contributed by atoms with Crippen LogP contribution in [0.25, 0.3) is 0 Å². The minimum Gasteiger partial charge on any atom is -0.329 e. The van der Waals surface area contributed by atoms with Crippen molar-refractivity contribution in [2.24, 2.45) is 5.73 Å². The number of aromatic nitrogens is 1. The van der Waals surface area contributed by atoms with Crippen LogP contribution >= 0.6 is 12.4 Å². The summed E-state index contributed by atoms with van der Waals surface area (Å²) in [5.41, 5.74) is 8.22. The molecule has 1 unspecified atom stereocenters. The molecule has 1 atom stereocenters. The fourth-order valence-corrected chi connectivity index (χ4v) is 2.25. The number of nitrogens with zero attached hydrogens (tertiary/aromatic N) is 2. The first kappa shape index (κ1) is 13.4. The average Bonchev–Trinajstić information content (AvgIpc) is 2.69. The SMILES string of the molecule is Cc1cccnc1CN1CCCC1CN.Cl. The molecule has 2 heterocycles. The molecule has 2 N–H and O–H groups in total. The van der Waals surface area contributed by atoms with Crippen molar-refractivity contribution in [1.82, 2.24) is 9.88 Å². The van der Waals surface area contributed by atoms with Crippen molar-refractivity contribution < 1.29 is 0 Å². The first-order chi connectivity index (χ1) is 7.31. The van der Waals surface area contributed by atoms with Gasteiger partial charge < -0.3 is 5.73 Å². The van der Waals surface area contributed by atoms with E-state index in [-0.39, 0.29) is 12.4 Å². The third kappa shape index (κ3) is 2.94. The first-order valence-electron chi connectivity index (χ1n) is 5.66. The predicted octanol–water partition coefficient (Wildman–Crippen LogP) is 1.73. The Bertz CT molecular complexity index is 330. The van der Waals surface area contributed by atoms with E-state index in [4.69, 9.17) is 5.73 Å². The average molecular weight is 242 g/mol. The smallest absolute Gasteiger partial charge is 0.0573 e. The Morgan fingerprint density at radius 2 is 2.38 bits per heavy atom. The standard InChI is InChI=1S/C12H19N3.ClH/c1-10-4-2-6-14-12(10)9-15-7-3-5-11(15)8-13;/h2,4,6,11H,3,5,7-9,13H2,1H3;1H. The molecule has 1 aliphatic heterocycles. The van der Waals surface area contributed by atoms with E-state index in [1.807, 2.05) is 12.3 Å². The summed E-state index contributed by atoms with van der Waals surface area (Å²) in [5.74, 6) is 0. The van der Waals surface area contributed by atoms with E-state index < -0.39 is 0 Å². The topological polar surface area (TPSA) is 42.2 Å². The van der Waals surface area contributed by atoms with E-state index in [0.29, 0.717) is 6.04 Å². The Kier molecular flexibility index (Phi) is 5.19. The molecule has 0 saturated carbocycles. The Balaban J connectivity index is 0.00000128. The molecule has 0 radical (unpaired) electrons. The molecule has 4 heteroatoms. The number of hydrogen-bond acceptors (Lipinski definition) is 3. The van der Waals surface area contributed by atoms with Crippen molar-refractivity contribution in [2.75, 3.05) is 13.1 Å². The van der Waals surface area contributed by atoms with E-state index in [2.05, 4.69) is 22.9 Å². The van der Waals surface area contributed by atoms with Gasteiger partial charge in [-0.05, 0) is 37.9 Å². The van der Waals surface area contributed by atoms with Gasteiger partial charge >= 0.3 is 0 Å². The summed E-state index contributed by atoms with van der Waals surface area (Å²) in [4.78, 5) is 6.88. The number of aryl methyl sites for hydroxylation is 1. The summed E-state index contributed by atoms with van der Waals surface area (Å²) >= 11 is 0. The molecule has 0 spiro atoms. The monoisotopic (exact) mass is 241 g/mol. The highest BCUT2D eigenvalue weighted by molar-refractivity contribution is 5.85. The molecule has 1 aromatic rings. The third-order valence-corrected chi connectivity index (χ3v) is 3.24. The van der Waals surface area contributed by atoms with Crippen LogP contribution in [0, 0.1) is 6.92 Å². The van der Waals surface area contributed by atoms with Crippen molar-refractivity contribution in [2.45, 2.75) is 32.4 Å². The molecule has 1 aliphatic rings. The molecular formula is C12H20ClN3. The van der Waals surface area contributed by atoms with E-state index in [1.54, 1.807) is 0 Å². The van der Waals surface area contributed by atoms with Crippen LogP contribution in [0.4, 0.5) is 0 Å². The van der Waals surface area contributed by atoms with Gasteiger partial charge in [-0.15, -0.1) is 12.4 Å². The zero-order chi connectivity index (χ0) is 10.7. The van der Waals surface area contributed by atoms with Crippen molar-refractivity contribution in [3.8, 4) is 0 Å². The van der Waals surface area contributed by atoms with Crippen LogP contribution in [-0.2, 0) is 6.54 Å². The number of halogens is 1. The van der Waals surface area contributed by atoms with Crippen LogP contribution in [0.3, 0.4) is 0 Å². The molecule has 0 amide bonds. The molecule has 0 bridgehead atoms. The highest BCUT2D eigenvalue weighted by atomic mass is 35.5. The van der Waals surface area contributed by atoms with Gasteiger partial charge in [-0.2, -0.15) is 0 Å². The molecule has 16 heavy (non-hydrogen) atoms. The first-order valence-corrected chi connectivity index (χ1v) is 5.66. The van der Waals surface area contributed by atoms with Crippen molar-refractivity contribution in [3.05, 3.63) is 29.6 Å². The third-order valence-electron chi connectivity index (χ3n) is 3.24. The van der Waals surface area contributed by atoms with Crippen LogP contribution in [0.2, 0.25) is 0 Å². The van der Waals surface area contributed by atoms with Crippen LogP contribution < -0.4 is 5.73 Å². The lowest BCUT2D eigenvalue weighted by Crippen LogP contribution is -2.35. The maximum Gasteiger partial charge on any atom is 0.0573 e. The highest BCUT2D eigenvalue weighted by Gasteiger charge is 2.23.